The van der Waals surface area contributed by atoms with Gasteiger partial charge in [-0.15, -0.1) is 0 Å². The summed E-state index contributed by atoms with van der Waals surface area (Å²) in [6, 6.07) is 6.17. The fourth-order valence-electron chi connectivity index (χ4n) is 5.95. The number of aryl methyl sites for hydroxylation is 1. The van der Waals surface area contributed by atoms with Gasteiger partial charge in [0.1, 0.15) is 0 Å². The van der Waals surface area contributed by atoms with Crippen molar-refractivity contribution in [2.45, 2.75) is 32.1 Å². The second-order valence-electron chi connectivity index (χ2n) is 10.2. The van der Waals surface area contributed by atoms with Gasteiger partial charge in [0.05, 0.1) is 22.8 Å². The van der Waals surface area contributed by atoms with Crippen LogP contribution in [-0.4, -0.2) is 88.4 Å². The predicted molar refractivity (Wildman–Crippen MR) is 131 cm³/mol. The van der Waals surface area contributed by atoms with Crippen LogP contribution in [0.2, 0.25) is 0 Å². The molecule has 35 heavy (non-hydrogen) atoms. The number of para-hydroxylation sites is 1. The van der Waals surface area contributed by atoms with Gasteiger partial charge in [-0.05, 0) is 30.7 Å². The first-order valence-corrected chi connectivity index (χ1v) is 12.6. The van der Waals surface area contributed by atoms with E-state index in [1.54, 1.807) is 0 Å². The average molecular weight is 483 g/mol. The van der Waals surface area contributed by atoms with E-state index in [9.17, 15) is 19.5 Å². The molecule has 3 aliphatic rings. The molecule has 10 nitrogen and oxygen atoms in total. The molecule has 0 bridgehead atoms. The fourth-order valence-corrected chi connectivity index (χ4v) is 5.95. The number of piperazine rings is 1. The van der Waals surface area contributed by atoms with Crippen molar-refractivity contribution in [1.29, 1.82) is 0 Å². The van der Waals surface area contributed by atoms with Crippen LogP contribution < -0.4 is 10.2 Å². The third-order valence-corrected chi connectivity index (χ3v) is 8.00. The minimum Gasteiger partial charge on any atom is -0.465 e. The number of anilines is 1. The molecule has 5 rings (SSSR count). The number of aromatic nitrogens is 2. The van der Waals surface area contributed by atoms with E-state index in [0.29, 0.717) is 37.8 Å². The van der Waals surface area contributed by atoms with Crippen molar-refractivity contribution in [1.82, 2.24) is 24.9 Å². The highest BCUT2D eigenvalue weighted by Crippen LogP contribution is 2.35. The number of imide groups is 1. The molecule has 0 spiro atoms. The molecule has 3 atom stereocenters. The molecule has 1 aromatic heterocycles. The molecule has 0 radical (unpaired) electrons. The average Bonchev–Trinajstić information content (AvgIpc) is 3.17. The van der Waals surface area contributed by atoms with Crippen LogP contribution in [0.15, 0.2) is 18.2 Å². The summed E-state index contributed by atoms with van der Waals surface area (Å²) in [5, 5.41) is 17.4. The van der Waals surface area contributed by atoms with Crippen LogP contribution in [0.5, 0.6) is 0 Å². The van der Waals surface area contributed by atoms with Crippen molar-refractivity contribution in [2.24, 2.45) is 18.9 Å². The van der Waals surface area contributed by atoms with E-state index in [4.69, 9.17) is 5.10 Å². The highest BCUT2D eigenvalue weighted by molar-refractivity contribution is 6.03. The van der Waals surface area contributed by atoms with Gasteiger partial charge < -0.3 is 14.9 Å². The Labute approximate surface area is 204 Å². The molecule has 3 amide bonds. The number of benzene rings is 1. The molecule has 0 aliphatic carbocycles. The van der Waals surface area contributed by atoms with Crippen LogP contribution >= 0.6 is 0 Å². The summed E-state index contributed by atoms with van der Waals surface area (Å²) in [7, 11) is 1.92. The van der Waals surface area contributed by atoms with Crippen molar-refractivity contribution >= 4 is 34.5 Å². The number of fused-ring (bicyclic) bond motifs is 1. The van der Waals surface area contributed by atoms with Gasteiger partial charge in [-0.2, -0.15) is 5.10 Å². The molecule has 0 saturated carbocycles. The number of carbonyl (C=O) groups excluding carboxylic acids is 2. The quantitative estimate of drug-likeness (QED) is 0.640. The second kappa shape index (κ2) is 9.49. The summed E-state index contributed by atoms with van der Waals surface area (Å²) in [6.45, 7) is 8.15. The van der Waals surface area contributed by atoms with E-state index in [0.717, 1.165) is 61.4 Å². The third-order valence-electron chi connectivity index (χ3n) is 8.00. The maximum absolute atomic E-state index is 12.5. The molecule has 3 saturated heterocycles. The van der Waals surface area contributed by atoms with Gasteiger partial charge in [0.15, 0.2) is 0 Å². The monoisotopic (exact) mass is 482 g/mol. The van der Waals surface area contributed by atoms with E-state index in [1.807, 2.05) is 23.9 Å². The Balaban J connectivity index is 1.27. The minimum atomic E-state index is -0.811. The minimum absolute atomic E-state index is 0.216. The van der Waals surface area contributed by atoms with Crippen LogP contribution in [-0.2, 0) is 16.6 Å². The van der Waals surface area contributed by atoms with E-state index >= 15 is 0 Å². The Morgan fingerprint density at radius 2 is 1.91 bits per heavy atom. The van der Waals surface area contributed by atoms with Crippen LogP contribution in [0.25, 0.3) is 10.9 Å². The summed E-state index contributed by atoms with van der Waals surface area (Å²) < 4.78 is 1.87. The number of hydrogen-bond donors (Lipinski definition) is 2. The Morgan fingerprint density at radius 1 is 1.14 bits per heavy atom. The number of nitrogens with zero attached hydrogens (tertiary/aromatic N) is 5. The van der Waals surface area contributed by atoms with Gasteiger partial charge in [0, 0.05) is 64.7 Å². The van der Waals surface area contributed by atoms with Crippen LogP contribution in [0.1, 0.15) is 37.8 Å². The molecule has 3 fully saturated rings. The smallest absolute Gasteiger partial charge is 0.407 e. The Morgan fingerprint density at radius 3 is 2.60 bits per heavy atom. The standard InChI is InChI=1S/C25H34N6O4/c1-16-14-31(25(34)35)9-8-17(16)15-29-10-12-30(13-11-29)20-5-3-4-18-22(27-28(2)23(18)20)19-6-7-21(32)26-24(19)33/h3-5,16-17,19H,6-15H2,1-2H3,(H,34,35)(H,26,32,33)/t16-,17+,19?/m0/s1. The van der Waals surface area contributed by atoms with Crippen molar-refractivity contribution in [2.75, 3.05) is 50.7 Å². The van der Waals surface area contributed by atoms with Crippen LogP contribution in [0.3, 0.4) is 0 Å². The molecule has 2 aromatic rings. The van der Waals surface area contributed by atoms with Gasteiger partial charge in [0.25, 0.3) is 0 Å². The molecular weight excluding hydrogens is 448 g/mol. The number of amides is 3. The van der Waals surface area contributed by atoms with E-state index < -0.39 is 12.0 Å². The van der Waals surface area contributed by atoms with Crippen molar-refractivity contribution < 1.29 is 19.5 Å². The van der Waals surface area contributed by atoms with Crippen molar-refractivity contribution in [3.8, 4) is 0 Å². The third kappa shape index (κ3) is 4.59. The summed E-state index contributed by atoms with van der Waals surface area (Å²) in [5.41, 5.74) is 2.89. The Bertz CT molecular complexity index is 1140. The van der Waals surface area contributed by atoms with Gasteiger partial charge in [-0.25, -0.2) is 4.79 Å². The molecule has 10 heteroatoms. The molecular formula is C25H34N6O4. The largest absolute Gasteiger partial charge is 0.465 e. The number of likely N-dealkylation sites (tertiary alicyclic amines) is 1. The number of carboxylic acid groups (broad SMARTS) is 1. The first kappa shape index (κ1) is 23.6. The number of piperidine rings is 2. The summed E-state index contributed by atoms with van der Waals surface area (Å²) >= 11 is 0. The highest BCUT2D eigenvalue weighted by Gasteiger charge is 2.33. The number of carbonyl (C=O) groups is 3. The molecule has 1 unspecified atom stereocenters. The SMILES string of the molecule is C[C@H]1CN(C(=O)O)CC[C@@H]1CN1CCN(c2cccc3c(C4CCC(=O)NC4=O)nn(C)c23)CC1. The van der Waals surface area contributed by atoms with Gasteiger partial charge in [-0.3, -0.25) is 24.5 Å². The Kier molecular flexibility index (Phi) is 6.39. The summed E-state index contributed by atoms with van der Waals surface area (Å²) in [4.78, 5) is 41.8. The lowest BCUT2D eigenvalue weighted by atomic mass is 9.86. The summed E-state index contributed by atoms with van der Waals surface area (Å²) in [6.07, 6.45) is 0.938. The van der Waals surface area contributed by atoms with Crippen LogP contribution in [0, 0.1) is 11.8 Å². The lowest BCUT2D eigenvalue weighted by Gasteiger charge is -2.41. The maximum Gasteiger partial charge on any atom is 0.407 e. The van der Waals surface area contributed by atoms with Crippen LogP contribution in [0.4, 0.5) is 10.5 Å². The molecule has 3 aliphatic heterocycles. The van der Waals surface area contributed by atoms with E-state index in [2.05, 4.69) is 28.1 Å². The fraction of sp³-hybridized carbons (Fsp3) is 0.600. The zero-order valence-corrected chi connectivity index (χ0v) is 20.4. The van der Waals surface area contributed by atoms with Gasteiger partial charge in [0.2, 0.25) is 11.8 Å². The predicted octanol–water partition coefficient (Wildman–Crippen LogP) is 1.85. The first-order valence-electron chi connectivity index (χ1n) is 12.6. The molecule has 2 N–H and O–H groups in total. The van der Waals surface area contributed by atoms with Gasteiger partial charge >= 0.3 is 6.09 Å². The topological polar surface area (TPSA) is 111 Å². The maximum atomic E-state index is 12.5. The number of nitrogens with one attached hydrogen (secondary N) is 1. The first-order chi connectivity index (χ1) is 16.8. The second-order valence-corrected chi connectivity index (χ2v) is 10.2. The lowest BCUT2D eigenvalue weighted by molar-refractivity contribution is -0.134. The highest BCUT2D eigenvalue weighted by atomic mass is 16.4. The normalized spacial score (nSPS) is 26.3. The summed E-state index contributed by atoms with van der Waals surface area (Å²) in [5.74, 6) is 0.00843. The van der Waals surface area contributed by atoms with E-state index in [1.165, 1.54) is 4.90 Å². The zero-order chi connectivity index (χ0) is 24.7. The zero-order valence-electron chi connectivity index (χ0n) is 20.4. The molecule has 4 heterocycles. The number of rotatable bonds is 4. The van der Waals surface area contributed by atoms with Gasteiger partial charge in [-0.1, -0.05) is 19.1 Å². The lowest BCUT2D eigenvalue weighted by Crippen LogP contribution is -2.51. The molecule has 1 aromatic carbocycles. The van der Waals surface area contributed by atoms with Crippen molar-refractivity contribution in [3.05, 3.63) is 23.9 Å². The molecule has 188 valence electrons. The Hall–Kier alpha value is -3.14. The number of hydrogen-bond acceptors (Lipinski definition) is 6. The van der Waals surface area contributed by atoms with E-state index in [-0.39, 0.29) is 11.8 Å². The van der Waals surface area contributed by atoms with Crippen molar-refractivity contribution in [3.63, 3.8) is 0 Å².